The highest BCUT2D eigenvalue weighted by Crippen LogP contribution is 2.55. The number of nitrogens with two attached hydrogens (primary N) is 1. The Morgan fingerprint density at radius 3 is 2.60 bits per heavy atom. The number of nitrogens with zero attached hydrogens (tertiary/aromatic N) is 3. The number of benzene rings is 2. The molecule has 0 spiro atoms. The Labute approximate surface area is 203 Å². The molecule has 2 aliphatic rings. The molecule has 1 fully saturated rings. The quantitative estimate of drug-likeness (QED) is 0.578. The molecular weight excluding hydrogens is 440 g/mol. The van der Waals surface area contributed by atoms with Gasteiger partial charge in [0, 0.05) is 29.6 Å². The third kappa shape index (κ3) is 3.29. The summed E-state index contributed by atoms with van der Waals surface area (Å²) in [4.78, 5) is 33.4. The topological polar surface area (TPSA) is 109 Å². The molecule has 4 atom stereocenters. The summed E-state index contributed by atoms with van der Waals surface area (Å²) in [6.45, 7) is 1.99. The number of hydrogen-bond donors (Lipinski definition) is 1. The molecule has 1 amide bonds. The molecule has 3 aromatic rings. The van der Waals surface area contributed by atoms with Crippen molar-refractivity contribution in [1.82, 2.24) is 4.98 Å². The Bertz CT molecular complexity index is 1390. The number of ether oxygens (including phenoxy) is 1. The number of carbonyl (C=O) groups excluding carboxylic acids is 2. The van der Waals surface area contributed by atoms with Gasteiger partial charge in [0.1, 0.15) is 11.8 Å². The van der Waals surface area contributed by atoms with Gasteiger partial charge in [-0.25, -0.2) is 0 Å². The number of rotatable bonds is 5. The van der Waals surface area contributed by atoms with Crippen molar-refractivity contribution in [2.45, 2.75) is 24.9 Å². The fourth-order valence-electron chi connectivity index (χ4n) is 5.50. The van der Waals surface area contributed by atoms with Crippen LogP contribution in [0.5, 0.6) is 5.75 Å². The van der Waals surface area contributed by atoms with E-state index in [0.717, 1.165) is 16.8 Å². The van der Waals surface area contributed by atoms with Gasteiger partial charge in [0.15, 0.2) is 11.2 Å². The molecule has 7 nitrogen and oxygen atoms in total. The summed E-state index contributed by atoms with van der Waals surface area (Å²) in [5, 5.41) is 10.5. The van der Waals surface area contributed by atoms with Crippen LogP contribution < -0.4 is 15.4 Å². The number of Topliss-reactive ketones (excluding diaryl/α,β-unsaturated/α-hetero) is 1. The van der Waals surface area contributed by atoms with Gasteiger partial charge in [-0.15, -0.1) is 0 Å². The fourth-order valence-corrected chi connectivity index (χ4v) is 5.50. The zero-order valence-electron chi connectivity index (χ0n) is 19.4. The Hall–Kier alpha value is -4.44. The van der Waals surface area contributed by atoms with E-state index in [1.54, 1.807) is 48.8 Å². The first kappa shape index (κ1) is 22.4. The second-order valence-corrected chi connectivity index (χ2v) is 8.92. The van der Waals surface area contributed by atoms with Crippen molar-refractivity contribution in [3.05, 3.63) is 95.3 Å². The lowest BCUT2D eigenvalue weighted by Gasteiger charge is -2.36. The Morgan fingerprint density at radius 1 is 1.14 bits per heavy atom. The first-order valence-electron chi connectivity index (χ1n) is 11.3. The third-order valence-electron chi connectivity index (χ3n) is 7.07. The average Bonchev–Trinajstić information content (AvgIpc) is 3.20. The van der Waals surface area contributed by atoms with E-state index in [4.69, 9.17) is 10.5 Å². The van der Waals surface area contributed by atoms with Crippen LogP contribution in [0.15, 0.2) is 73.1 Å². The SMILES string of the molecule is COc1cccc(C(=O)[C@@H]2[C@H](c3ccncc3)[C@](C#N)(C(N)=O)[C@@H]3C=Cc4cc(C)ccc4N23)c1. The van der Waals surface area contributed by atoms with Crippen LogP contribution in [-0.2, 0) is 4.79 Å². The van der Waals surface area contributed by atoms with Crippen LogP contribution in [0.4, 0.5) is 5.69 Å². The number of ketones is 1. The summed E-state index contributed by atoms with van der Waals surface area (Å²) in [7, 11) is 1.54. The van der Waals surface area contributed by atoms with Gasteiger partial charge in [0.25, 0.3) is 0 Å². The summed E-state index contributed by atoms with van der Waals surface area (Å²) in [5.74, 6) is -1.27. The first-order chi connectivity index (χ1) is 16.9. The number of aryl methyl sites for hydroxylation is 1. The minimum Gasteiger partial charge on any atom is -0.497 e. The Morgan fingerprint density at radius 2 is 1.91 bits per heavy atom. The molecule has 2 aromatic carbocycles. The fraction of sp³-hybridized carbons (Fsp3) is 0.214. The van der Waals surface area contributed by atoms with E-state index in [1.807, 2.05) is 42.2 Å². The largest absolute Gasteiger partial charge is 0.497 e. The average molecular weight is 465 g/mol. The molecule has 1 saturated heterocycles. The summed E-state index contributed by atoms with van der Waals surface area (Å²) in [5.41, 5.74) is 8.15. The van der Waals surface area contributed by atoms with Gasteiger partial charge in [-0.3, -0.25) is 14.6 Å². The smallest absolute Gasteiger partial charge is 0.241 e. The van der Waals surface area contributed by atoms with Crippen molar-refractivity contribution >= 4 is 23.5 Å². The summed E-state index contributed by atoms with van der Waals surface area (Å²) >= 11 is 0. The molecule has 0 bridgehead atoms. The second kappa shape index (κ2) is 8.41. The third-order valence-corrected chi connectivity index (χ3v) is 7.07. The van der Waals surface area contributed by atoms with Crippen molar-refractivity contribution in [3.8, 4) is 11.8 Å². The molecular formula is C28H24N4O3. The number of primary amides is 1. The zero-order chi connectivity index (χ0) is 24.7. The van der Waals surface area contributed by atoms with Crippen LogP contribution in [0.25, 0.3) is 6.08 Å². The van der Waals surface area contributed by atoms with E-state index in [0.29, 0.717) is 16.9 Å². The lowest BCUT2D eigenvalue weighted by atomic mass is 9.67. The number of aromatic nitrogens is 1. The lowest BCUT2D eigenvalue weighted by Crippen LogP contribution is -2.49. The highest BCUT2D eigenvalue weighted by atomic mass is 16.5. The maximum atomic E-state index is 14.3. The van der Waals surface area contributed by atoms with Crippen molar-refractivity contribution in [2.24, 2.45) is 11.1 Å². The summed E-state index contributed by atoms with van der Waals surface area (Å²) < 4.78 is 5.34. The van der Waals surface area contributed by atoms with E-state index in [1.165, 1.54) is 7.11 Å². The summed E-state index contributed by atoms with van der Waals surface area (Å²) in [6.07, 6.45) is 6.91. The van der Waals surface area contributed by atoms with Crippen LogP contribution in [-0.4, -0.2) is 35.9 Å². The van der Waals surface area contributed by atoms with Crippen LogP contribution in [0.2, 0.25) is 0 Å². The number of fused-ring (bicyclic) bond motifs is 3. The highest BCUT2D eigenvalue weighted by molar-refractivity contribution is 6.06. The molecule has 7 heteroatoms. The number of methoxy groups -OCH3 is 1. The molecule has 0 aliphatic carbocycles. The van der Waals surface area contributed by atoms with E-state index >= 15 is 0 Å². The van der Waals surface area contributed by atoms with Crippen LogP contribution >= 0.6 is 0 Å². The van der Waals surface area contributed by atoms with Crippen LogP contribution in [0.1, 0.15) is 33.0 Å². The van der Waals surface area contributed by atoms with Gasteiger partial charge in [0.2, 0.25) is 5.91 Å². The standard InChI is InChI=1S/C28H24N4O3/c1-17-6-8-22-19(14-17)7-9-23-28(16-29,27(30)34)24(18-10-12-31-13-11-18)25(32(22)23)26(33)20-4-3-5-21(15-20)35-2/h3-15,23-25H,1-2H3,(H2,30,34)/t23-,24-,25-,28+/m0/s1. The van der Waals surface area contributed by atoms with Gasteiger partial charge in [-0.2, -0.15) is 5.26 Å². The van der Waals surface area contributed by atoms with E-state index in [2.05, 4.69) is 11.1 Å². The zero-order valence-corrected chi connectivity index (χ0v) is 19.4. The molecule has 174 valence electrons. The first-order valence-corrected chi connectivity index (χ1v) is 11.3. The monoisotopic (exact) mass is 464 g/mol. The normalized spacial score (nSPS) is 24.3. The van der Waals surface area contributed by atoms with E-state index in [-0.39, 0.29) is 5.78 Å². The molecule has 5 rings (SSSR count). The van der Waals surface area contributed by atoms with E-state index in [9.17, 15) is 14.9 Å². The van der Waals surface area contributed by atoms with Crippen molar-refractivity contribution in [1.29, 1.82) is 5.26 Å². The van der Waals surface area contributed by atoms with Crippen molar-refractivity contribution < 1.29 is 14.3 Å². The van der Waals surface area contributed by atoms with E-state index < -0.39 is 29.3 Å². The molecule has 2 N–H and O–H groups in total. The van der Waals surface area contributed by atoms with Gasteiger partial charge < -0.3 is 15.4 Å². The maximum Gasteiger partial charge on any atom is 0.241 e. The molecule has 2 aliphatic heterocycles. The van der Waals surface area contributed by atoms with Crippen LogP contribution in [0, 0.1) is 23.7 Å². The van der Waals surface area contributed by atoms with Gasteiger partial charge in [0.05, 0.1) is 19.2 Å². The molecule has 35 heavy (non-hydrogen) atoms. The maximum absolute atomic E-state index is 14.3. The molecule has 1 aromatic heterocycles. The number of hydrogen-bond acceptors (Lipinski definition) is 6. The number of amides is 1. The minimum absolute atomic E-state index is 0.226. The predicted molar refractivity (Wildman–Crippen MR) is 132 cm³/mol. The number of anilines is 1. The summed E-state index contributed by atoms with van der Waals surface area (Å²) in [6, 6.07) is 17.0. The number of nitriles is 1. The predicted octanol–water partition coefficient (Wildman–Crippen LogP) is 3.64. The molecule has 3 heterocycles. The van der Waals surface area contributed by atoms with Gasteiger partial charge >= 0.3 is 0 Å². The Kier molecular flexibility index (Phi) is 5.37. The Balaban J connectivity index is 1.80. The molecule has 0 saturated carbocycles. The van der Waals surface area contributed by atoms with Crippen LogP contribution in [0.3, 0.4) is 0 Å². The van der Waals surface area contributed by atoms with Crippen molar-refractivity contribution in [3.63, 3.8) is 0 Å². The lowest BCUT2D eigenvalue weighted by molar-refractivity contribution is -0.125. The molecule has 0 radical (unpaired) electrons. The highest BCUT2D eigenvalue weighted by Gasteiger charge is 2.65. The minimum atomic E-state index is -1.68. The van der Waals surface area contributed by atoms with Crippen molar-refractivity contribution in [2.75, 3.05) is 12.0 Å². The number of pyridine rings is 1. The van der Waals surface area contributed by atoms with Gasteiger partial charge in [-0.1, -0.05) is 35.9 Å². The van der Waals surface area contributed by atoms with Gasteiger partial charge in [-0.05, 0) is 54.4 Å². The number of carbonyl (C=O) groups is 2. The molecule has 0 unspecified atom stereocenters. The second-order valence-electron chi connectivity index (χ2n) is 8.92.